The van der Waals surface area contributed by atoms with Crippen LogP contribution in [-0.4, -0.2) is 28.2 Å². The molecule has 0 unspecified atom stereocenters. The SMILES string of the molecule is CCc1c(N)ncnc1N(CCO)Cc1ccccc1. The average Bonchev–Trinajstić information content (AvgIpc) is 2.47. The van der Waals surface area contributed by atoms with Crippen molar-refractivity contribution in [1.29, 1.82) is 0 Å². The van der Waals surface area contributed by atoms with Crippen LogP contribution in [0.3, 0.4) is 0 Å². The Labute approximate surface area is 119 Å². The Morgan fingerprint density at radius 1 is 1.20 bits per heavy atom. The second-order valence-corrected chi connectivity index (χ2v) is 4.55. The van der Waals surface area contributed by atoms with Crippen molar-refractivity contribution in [2.24, 2.45) is 0 Å². The van der Waals surface area contributed by atoms with E-state index in [9.17, 15) is 5.11 Å². The highest BCUT2D eigenvalue weighted by Crippen LogP contribution is 2.23. The molecule has 0 fully saturated rings. The van der Waals surface area contributed by atoms with Gasteiger partial charge in [-0.25, -0.2) is 9.97 Å². The van der Waals surface area contributed by atoms with E-state index in [1.165, 1.54) is 11.9 Å². The molecule has 1 aromatic heterocycles. The first-order valence-electron chi connectivity index (χ1n) is 6.75. The highest BCUT2D eigenvalue weighted by atomic mass is 16.3. The van der Waals surface area contributed by atoms with E-state index in [-0.39, 0.29) is 6.61 Å². The third-order valence-electron chi connectivity index (χ3n) is 3.20. The van der Waals surface area contributed by atoms with Crippen LogP contribution in [0.15, 0.2) is 36.7 Å². The molecular weight excluding hydrogens is 252 g/mol. The number of hydrogen-bond acceptors (Lipinski definition) is 5. The summed E-state index contributed by atoms with van der Waals surface area (Å²) < 4.78 is 0. The van der Waals surface area contributed by atoms with E-state index in [1.807, 2.05) is 30.0 Å². The van der Waals surface area contributed by atoms with Crippen LogP contribution in [0, 0.1) is 0 Å². The lowest BCUT2D eigenvalue weighted by atomic mass is 10.1. The minimum Gasteiger partial charge on any atom is -0.395 e. The zero-order valence-corrected chi connectivity index (χ0v) is 11.7. The van der Waals surface area contributed by atoms with Crippen LogP contribution in [0.1, 0.15) is 18.1 Å². The summed E-state index contributed by atoms with van der Waals surface area (Å²) in [5.41, 5.74) is 8.01. The number of nitrogens with zero attached hydrogens (tertiary/aromatic N) is 3. The first kappa shape index (κ1) is 14.3. The second-order valence-electron chi connectivity index (χ2n) is 4.55. The smallest absolute Gasteiger partial charge is 0.137 e. The number of rotatable bonds is 6. The van der Waals surface area contributed by atoms with Gasteiger partial charge in [-0.2, -0.15) is 0 Å². The molecule has 5 nitrogen and oxygen atoms in total. The molecule has 0 saturated carbocycles. The molecule has 3 N–H and O–H groups in total. The maximum atomic E-state index is 9.29. The fourth-order valence-electron chi connectivity index (χ4n) is 2.21. The van der Waals surface area contributed by atoms with Crippen LogP contribution in [0.4, 0.5) is 11.6 Å². The molecule has 20 heavy (non-hydrogen) atoms. The van der Waals surface area contributed by atoms with Crippen LogP contribution in [0.25, 0.3) is 0 Å². The van der Waals surface area contributed by atoms with Gasteiger partial charge in [-0.05, 0) is 12.0 Å². The Bertz CT molecular complexity index is 545. The normalized spacial score (nSPS) is 10.5. The van der Waals surface area contributed by atoms with Crippen molar-refractivity contribution in [2.45, 2.75) is 19.9 Å². The first-order valence-corrected chi connectivity index (χ1v) is 6.75. The third-order valence-corrected chi connectivity index (χ3v) is 3.20. The van der Waals surface area contributed by atoms with Gasteiger partial charge in [-0.1, -0.05) is 37.3 Å². The van der Waals surface area contributed by atoms with Gasteiger partial charge in [-0.15, -0.1) is 0 Å². The summed E-state index contributed by atoms with van der Waals surface area (Å²) in [6.07, 6.45) is 2.23. The Hall–Kier alpha value is -2.14. The molecule has 0 aliphatic heterocycles. The molecule has 0 spiro atoms. The van der Waals surface area contributed by atoms with Crippen molar-refractivity contribution >= 4 is 11.6 Å². The number of aromatic nitrogens is 2. The van der Waals surface area contributed by atoms with E-state index in [2.05, 4.69) is 22.1 Å². The number of anilines is 2. The molecule has 0 radical (unpaired) electrons. The first-order chi connectivity index (χ1) is 9.76. The average molecular weight is 272 g/mol. The van der Waals surface area contributed by atoms with Crippen LogP contribution >= 0.6 is 0 Å². The number of aliphatic hydroxyl groups is 1. The standard InChI is InChI=1S/C15H20N4O/c1-2-13-14(16)17-11-18-15(13)19(8-9-20)10-12-6-4-3-5-7-12/h3-7,11,20H,2,8-10H2,1H3,(H2,16,17,18). The van der Waals surface area contributed by atoms with Gasteiger partial charge in [0, 0.05) is 18.7 Å². The molecule has 2 aromatic rings. The number of nitrogen functional groups attached to an aromatic ring is 1. The molecular formula is C15H20N4O. The molecule has 0 amide bonds. The fraction of sp³-hybridized carbons (Fsp3) is 0.333. The molecule has 0 aliphatic carbocycles. The molecule has 1 aromatic carbocycles. The van der Waals surface area contributed by atoms with E-state index in [4.69, 9.17) is 5.73 Å². The van der Waals surface area contributed by atoms with Crippen molar-refractivity contribution < 1.29 is 5.11 Å². The molecule has 5 heteroatoms. The van der Waals surface area contributed by atoms with Gasteiger partial charge in [0.05, 0.1) is 6.61 Å². The van der Waals surface area contributed by atoms with Crippen molar-refractivity contribution in [3.05, 3.63) is 47.8 Å². The summed E-state index contributed by atoms with van der Waals surface area (Å²) in [5, 5.41) is 9.29. The summed E-state index contributed by atoms with van der Waals surface area (Å²) in [6.45, 7) is 3.29. The molecule has 0 atom stereocenters. The van der Waals surface area contributed by atoms with Crippen LogP contribution in [0.2, 0.25) is 0 Å². The quantitative estimate of drug-likeness (QED) is 0.835. The number of hydrogen-bond donors (Lipinski definition) is 2. The topological polar surface area (TPSA) is 75.3 Å². The molecule has 0 bridgehead atoms. The number of benzene rings is 1. The van der Waals surface area contributed by atoms with Crippen LogP contribution in [-0.2, 0) is 13.0 Å². The van der Waals surface area contributed by atoms with Crippen molar-refractivity contribution in [3.63, 3.8) is 0 Å². The van der Waals surface area contributed by atoms with Gasteiger partial charge >= 0.3 is 0 Å². The van der Waals surface area contributed by atoms with E-state index in [1.54, 1.807) is 0 Å². The predicted molar refractivity (Wildman–Crippen MR) is 80.4 cm³/mol. The fourth-order valence-corrected chi connectivity index (χ4v) is 2.21. The molecule has 0 aliphatic rings. The zero-order valence-electron chi connectivity index (χ0n) is 11.7. The van der Waals surface area contributed by atoms with Gasteiger partial charge in [0.2, 0.25) is 0 Å². The molecule has 2 rings (SSSR count). The largest absolute Gasteiger partial charge is 0.395 e. The van der Waals surface area contributed by atoms with E-state index in [0.717, 1.165) is 17.8 Å². The van der Waals surface area contributed by atoms with E-state index < -0.39 is 0 Å². The summed E-state index contributed by atoms with van der Waals surface area (Å²) >= 11 is 0. The molecule has 106 valence electrons. The Kier molecular flexibility index (Phi) is 4.90. The summed E-state index contributed by atoms with van der Waals surface area (Å²) in [5.74, 6) is 1.31. The van der Waals surface area contributed by atoms with Gasteiger partial charge in [0.25, 0.3) is 0 Å². The minimum absolute atomic E-state index is 0.0693. The maximum Gasteiger partial charge on any atom is 0.137 e. The van der Waals surface area contributed by atoms with Crippen molar-refractivity contribution in [3.8, 4) is 0 Å². The van der Waals surface area contributed by atoms with Crippen LogP contribution in [0.5, 0.6) is 0 Å². The minimum atomic E-state index is 0.0693. The number of nitrogens with two attached hydrogens (primary N) is 1. The van der Waals surface area contributed by atoms with Crippen molar-refractivity contribution in [1.82, 2.24) is 9.97 Å². The molecule has 1 heterocycles. The predicted octanol–water partition coefficient (Wildman–Crippen LogP) is 1.62. The Balaban J connectivity index is 2.31. The van der Waals surface area contributed by atoms with Gasteiger partial charge < -0.3 is 15.7 Å². The van der Waals surface area contributed by atoms with Gasteiger partial charge in [0.1, 0.15) is 18.0 Å². The monoisotopic (exact) mass is 272 g/mol. The van der Waals surface area contributed by atoms with Crippen molar-refractivity contribution in [2.75, 3.05) is 23.8 Å². The summed E-state index contributed by atoms with van der Waals surface area (Å²) in [4.78, 5) is 10.4. The third kappa shape index (κ3) is 3.24. The van der Waals surface area contributed by atoms with Crippen LogP contribution < -0.4 is 10.6 Å². The van der Waals surface area contributed by atoms with Gasteiger partial charge in [-0.3, -0.25) is 0 Å². The Morgan fingerprint density at radius 2 is 1.95 bits per heavy atom. The van der Waals surface area contributed by atoms with E-state index in [0.29, 0.717) is 18.9 Å². The lowest BCUT2D eigenvalue weighted by Crippen LogP contribution is -2.28. The highest BCUT2D eigenvalue weighted by Gasteiger charge is 2.14. The maximum absolute atomic E-state index is 9.29. The lowest BCUT2D eigenvalue weighted by Gasteiger charge is -2.25. The van der Waals surface area contributed by atoms with E-state index >= 15 is 0 Å². The highest BCUT2D eigenvalue weighted by molar-refractivity contribution is 5.56. The zero-order chi connectivity index (χ0) is 14.4. The number of aliphatic hydroxyl groups excluding tert-OH is 1. The Morgan fingerprint density at radius 3 is 2.60 bits per heavy atom. The summed E-state index contributed by atoms with van der Waals surface area (Å²) in [7, 11) is 0. The summed E-state index contributed by atoms with van der Waals surface area (Å²) in [6, 6.07) is 10.1. The second kappa shape index (κ2) is 6.86. The van der Waals surface area contributed by atoms with Gasteiger partial charge in [0.15, 0.2) is 0 Å². The lowest BCUT2D eigenvalue weighted by molar-refractivity contribution is 0.301. The molecule has 0 saturated heterocycles.